The third-order valence-corrected chi connectivity index (χ3v) is 13.6. The number of benzene rings is 7. The second-order valence-corrected chi connectivity index (χ2v) is 17.1. The third-order valence-electron chi connectivity index (χ3n) is 12.5. The molecule has 300 valence electrons. The number of anilines is 3. The Bertz CT molecular complexity index is 3420. The molecule has 0 bridgehead atoms. The smallest absolute Gasteiger partial charge is 0.164 e. The van der Waals surface area contributed by atoms with Crippen molar-refractivity contribution < 1.29 is 4.74 Å². The first-order valence-corrected chi connectivity index (χ1v) is 22.0. The van der Waals surface area contributed by atoms with Crippen LogP contribution < -0.4 is 9.64 Å². The molecule has 10 aromatic rings. The van der Waals surface area contributed by atoms with E-state index in [1.54, 1.807) is 11.8 Å². The number of hydrogen-bond donors (Lipinski definition) is 0. The highest BCUT2D eigenvalue weighted by molar-refractivity contribution is 7.99. The molecule has 8 heteroatoms. The maximum absolute atomic E-state index is 7.15. The molecule has 0 amide bonds. The number of nitrogens with zero attached hydrogens (tertiary/aromatic N) is 6. The molecule has 1 atom stereocenters. The van der Waals surface area contributed by atoms with Gasteiger partial charge in [-0.15, -0.1) is 0 Å². The molecule has 7 aromatic carbocycles. The van der Waals surface area contributed by atoms with Crippen LogP contribution >= 0.6 is 11.8 Å². The van der Waals surface area contributed by atoms with Gasteiger partial charge in [0, 0.05) is 61.9 Å². The number of rotatable bonds is 5. The number of para-hydroxylation sites is 3. The molecule has 5 heterocycles. The Hall–Kier alpha value is -8.20. The Morgan fingerprint density at radius 3 is 1.84 bits per heavy atom. The van der Waals surface area contributed by atoms with E-state index in [9.17, 15) is 0 Å². The highest BCUT2D eigenvalue weighted by Gasteiger charge is 2.53. The van der Waals surface area contributed by atoms with Gasteiger partial charge >= 0.3 is 0 Å². The summed E-state index contributed by atoms with van der Waals surface area (Å²) < 4.78 is 7.15. The van der Waals surface area contributed by atoms with E-state index >= 15 is 0 Å². The van der Waals surface area contributed by atoms with Crippen molar-refractivity contribution in [1.82, 2.24) is 24.9 Å². The fourth-order valence-corrected chi connectivity index (χ4v) is 10.8. The SMILES string of the molecule is c1ccc(-c2nc(-c3ccccc3)nc(-c3cccc(-c4cnc5c(c4)C4(c6ccccc6Oc6c4ccc4c6Sc6ccccc6N4c4ccccc4)c4cccnc4-5)c3)n2)cc1. The van der Waals surface area contributed by atoms with E-state index < -0.39 is 5.41 Å². The number of pyridine rings is 2. The van der Waals surface area contributed by atoms with E-state index in [-0.39, 0.29) is 0 Å². The number of fused-ring (bicyclic) bond motifs is 12. The van der Waals surface area contributed by atoms with Crippen LogP contribution in [-0.2, 0) is 5.41 Å². The zero-order valence-corrected chi connectivity index (χ0v) is 34.9. The average molecular weight is 839 g/mol. The predicted molar refractivity (Wildman–Crippen MR) is 253 cm³/mol. The van der Waals surface area contributed by atoms with Crippen LogP contribution in [0.2, 0.25) is 0 Å². The van der Waals surface area contributed by atoms with Gasteiger partial charge in [0.05, 0.1) is 33.1 Å². The van der Waals surface area contributed by atoms with Crippen molar-refractivity contribution >= 4 is 28.8 Å². The van der Waals surface area contributed by atoms with Gasteiger partial charge in [0.25, 0.3) is 0 Å². The number of aromatic nitrogens is 5. The molecule has 13 rings (SSSR count). The van der Waals surface area contributed by atoms with E-state index in [0.29, 0.717) is 17.5 Å². The largest absolute Gasteiger partial charge is 0.455 e. The third kappa shape index (κ3) is 5.52. The minimum absolute atomic E-state index is 0.595. The van der Waals surface area contributed by atoms with Crippen LogP contribution in [0.1, 0.15) is 22.3 Å². The van der Waals surface area contributed by atoms with Crippen molar-refractivity contribution in [3.8, 4) is 68.2 Å². The summed E-state index contributed by atoms with van der Waals surface area (Å²) in [5, 5.41) is 0. The minimum Gasteiger partial charge on any atom is -0.455 e. The fraction of sp³-hybridized carbons (Fsp3) is 0.0179. The van der Waals surface area contributed by atoms with Gasteiger partial charge in [-0.05, 0) is 65.7 Å². The second-order valence-electron chi connectivity index (χ2n) is 16.0. The van der Waals surface area contributed by atoms with Crippen LogP contribution in [0, 0.1) is 0 Å². The Morgan fingerprint density at radius 2 is 1.06 bits per heavy atom. The lowest BCUT2D eigenvalue weighted by molar-refractivity contribution is 0.426. The molecular formula is C56H34N6OS. The highest BCUT2D eigenvalue weighted by Crippen LogP contribution is 2.65. The summed E-state index contributed by atoms with van der Waals surface area (Å²) in [5.74, 6) is 3.48. The van der Waals surface area contributed by atoms with E-state index in [0.717, 1.165) is 99.8 Å². The van der Waals surface area contributed by atoms with Gasteiger partial charge in [0.2, 0.25) is 0 Å². The summed E-state index contributed by atoms with van der Waals surface area (Å²) in [5.41, 5.74) is 13.2. The van der Waals surface area contributed by atoms with Gasteiger partial charge in [0.15, 0.2) is 17.5 Å². The molecule has 7 nitrogen and oxygen atoms in total. The average Bonchev–Trinajstić information content (AvgIpc) is 3.66. The zero-order valence-electron chi connectivity index (χ0n) is 34.1. The normalized spacial score (nSPS) is 15.0. The predicted octanol–water partition coefficient (Wildman–Crippen LogP) is 13.7. The fourth-order valence-electron chi connectivity index (χ4n) is 9.66. The first kappa shape index (κ1) is 36.5. The molecule has 0 N–H and O–H groups in total. The molecule has 2 aliphatic heterocycles. The van der Waals surface area contributed by atoms with Crippen LogP contribution in [0.25, 0.3) is 56.7 Å². The molecule has 3 aliphatic rings. The van der Waals surface area contributed by atoms with Gasteiger partial charge in [-0.2, -0.15) is 0 Å². The first-order chi connectivity index (χ1) is 31.7. The first-order valence-electron chi connectivity index (χ1n) is 21.2. The van der Waals surface area contributed by atoms with E-state index in [1.807, 2.05) is 79.1 Å². The number of hydrogen-bond acceptors (Lipinski definition) is 8. The highest BCUT2D eigenvalue weighted by atomic mass is 32.2. The monoisotopic (exact) mass is 838 g/mol. The summed E-state index contributed by atoms with van der Waals surface area (Å²) >= 11 is 1.76. The number of ether oxygens (including phenoxy) is 1. The Kier molecular flexibility index (Phi) is 8.23. The van der Waals surface area contributed by atoms with Crippen molar-refractivity contribution in [2.75, 3.05) is 4.90 Å². The molecule has 3 aromatic heterocycles. The van der Waals surface area contributed by atoms with E-state index in [4.69, 9.17) is 29.7 Å². The molecular weight excluding hydrogens is 805 g/mol. The van der Waals surface area contributed by atoms with E-state index in [1.165, 1.54) is 0 Å². The lowest BCUT2D eigenvalue weighted by atomic mass is 9.66. The van der Waals surface area contributed by atoms with Gasteiger partial charge in [-0.1, -0.05) is 151 Å². The van der Waals surface area contributed by atoms with Crippen LogP contribution in [-0.4, -0.2) is 24.9 Å². The van der Waals surface area contributed by atoms with Gasteiger partial charge < -0.3 is 9.64 Å². The summed E-state index contributed by atoms with van der Waals surface area (Å²) in [6.45, 7) is 0. The van der Waals surface area contributed by atoms with Gasteiger partial charge in [-0.3, -0.25) is 9.97 Å². The zero-order chi connectivity index (χ0) is 42.2. The van der Waals surface area contributed by atoms with Crippen LogP contribution in [0.4, 0.5) is 17.1 Å². The lowest BCUT2D eigenvalue weighted by Gasteiger charge is -2.41. The van der Waals surface area contributed by atoms with Crippen LogP contribution in [0.5, 0.6) is 11.5 Å². The van der Waals surface area contributed by atoms with Gasteiger partial charge in [0.1, 0.15) is 11.5 Å². The Morgan fingerprint density at radius 1 is 0.438 bits per heavy atom. The molecule has 0 fully saturated rings. The Balaban J connectivity index is 1.01. The quantitative estimate of drug-likeness (QED) is 0.170. The topological polar surface area (TPSA) is 76.9 Å². The Labute approximate surface area is 373 Å². The second kappa shape index (κ2) is 14.4. The van der Waals surface area contributed by atoms with Gasteiger partial charge in [-0.25, -0.2) is 15.0 Å². The van der Waals surface area contributed by atoms with Crippen LogP contribution in [0.15, 0.2) is 216 Å². The van der Waals surface area contributed by atoms with Crippen molar-refractivity contribution in [3.05, 3.63) is 229 Å². The molecule has 0 radical (unpaired) electrons. The van der Waals surface area contributed by atoms with Crippen molar-refractivity contribution in [2.24, 2.45) is 0 Å². The summed E-state index contributed by atoms with van der Waals surface area (Å²) in [4.78, 5) is 29.9. The maximum atomic E-state index is 7.15. The van der Waals surface area contributed by atoms with Crippen molar-refractivity contribution in [1.29, 1.82) is 0 Å². The molecule has 64 heavy (non-hydrogen) atoms. The molecule has 1 aliphatic carbocycles. The molecule has 0 saturated heterocycles. The summed E-state index contributed by atoms with van der Waals surface area (Å²) in [6.07, 6.45) is 3.84. The van der Waals surface area contributed by atoms with Crippen LogP contribution in [0.3, 0.4) is 0 Å². The molecule has 1 spiro atoms. The maximum Gasteiger partial charge on any atom is 0.164 e. The molecule has 0 saturated carbocycles. The van der Waals surface area contributed by atoms with Crippen molar-refractivity contribution in [2.45, 2.75) is 15.2 Å². The van der Waals surface area contributed by atoms with Crippen molar-refractivity contribution in [3.63, 3.8) is 0 Å². The standard InChI is InChI=1S/C56H34N6OS/c1-4-16-35(17-5-1)53-59-54(36-18-6-2-7-19-36)61-55(60-53)38-21-14-20-37(32-38)39-33-44-50(58-34-39)49-42(25-15-31-57-49)56(44)41-24-10-12-27-47(41)63-51-43(56)29-30-46-52(51)64-48-28-13-11-26-45(48)62(46)40-22-8-3-9-23-40/h1-34H. The minimum atomic E-state index is -0.781. The van der Waals surface area contributed by atoms with E-state index in [2.05, 4.69) is 132 Å². The molecule has 1 unspecified atom stereocenters. The lowest BCUT2D eigenvalue weighted by Crippen LogP contribution is -2.33. The summed E-state index contributed by atoms with van der Waals surface area (Å²) in [6, 6.07) is 67.3. The summed E-state index contributed by atoms with van der Waals surface area (Å²) in [7, 11) is 0.